The fraction of sp³-hybridized carbons (Fsp3) is 0.733. The van der Waals surface area contributed by atoms with Gasteiger partial charge in [0.15, 0.2) is 5.82 Å². The average molecular weight is 373 g/mol. The number of methoxy groups -OCH3 is 2. The van der Waals surface area contributed by atoms with Crippen LogP contribution in [0.5, 0.6) is 0 Å². The van der Waals surface area contributed by atoms with Crippen molar-refractivity contribution in [2.45, 2.75) is 12.5 Å². The zero-order valence-electron chi connectivity index (χ0n) is 15.0. The van der Waals surface area contributed by atoms with Crippen molar-refractivity contribution < 1.29 is 17.9 Å². The highest BCUT2D eigenvalue weighted by atomic mass is 32.2. The molecule has 10 heteroatoms. The summed E-state index contributed by atoms with van der Waals surface area (Å²) in [5, 5.41) is 8.04. The minimum absolute atomic E-state index is 0.0198. The fourth-order valence-corrected chi connectivity index (χ4v) is 4.05. The van der Waals surface area contributed by atoms with Crippen molar-refractivity contribution in [3.63, 3.8) is 0 Å². The van der Waals surface area contributed by atoms with Gasteiger partial charge < -0.3 is 14.4 Å². The third-order valence-corrected chi connectivity index (χ3v) is 5.92. The molecule has 1 aliphatic rings. The van der Waals surface area contributed by atoms with E-state index < -0.39 is 10.2 Å². The van der Waals surface area contributed by atoms with E-state index in [0.29, 0.717) is 39.3 Å². The van der Waals surface area contributed by atoms with Gasteiger partial charge in [-0.3, -0.25) is 0 Å². The summed E-state index contributed by atoms with van der Waals surface area (Å²) in [6.45, 7) is 2.48. The molecule has 2 heterocycles. The third-order valence-electron chi connectivity index (χ3n) is 4.32. The highest BCUT2D eigenvalue weighted by Gasteiger charge is 2.33. The van der Waals surface area contributed by atoms with Gasteiger partial charge in [-0.1, -0.05) is 0 Å². The van der Waals surface area contributed by atoms with Gasteiger partial charge in [-0.15, -0.1) is 5.10 Å². The molecule has 0 aromatic carbocycles. The molecule has 1 N–H and O–H groups in total. The van der Waals surface area contributed by atoms with E-state index in [1.54, 1.807) is 27.5 Å². The molecule has 0 aliphatic carbocycles. The Balaban J connectivity index is 2.03. The second-order valence-electron chi connectivity index (χ2n) is 6.08. The van der Waals surface area contributed by atoms with Gasteiger partial charge in [0.05, 0.1) is 13.2 Å². The maximum Gasteiger partial charge on any atom is 0.279 e. The standard InChI is InChI=1S/C15H27N5O4S/c1-19(9-10-23-2)25(21,22)18-14-6-8-20(11-13(14)12-24-3)15-5-4-7-16-17-15/h4-5,7,13-14,18H,6,8-12H2,1-3H3/t13-,14-/m0/s1. The van der Waals surface area contributed by atoms with Crippen molar-refractivity contribution in [2.75, 3.05) is 59.0 Å². The summed E-state index contributed by atoms with van der Waals surface area (Å²) in [5.74, 6) is 0.813. The van der Waals surface area contributed by atoms with Crippen LogP contribution in [0.3, 0.4) is 0 Å². The Bertz CT molecular complexity index is 616. The molecule has 1 aromatic heterocycles. The number of piperidine rings is 1. The van der Waals surface area contributed by atoms with E-state index in [4.69, 9.17) is 9.47 Å². The summed E-state index contributed by atoms with van der Waals surface area (Å²) in [5.41, 5.74) is 0. The molecule has 1 aliphatic heterocycles. The van der Waals surface area contributed by atoms with Crippen LogP contribution in [0.1, 0.15) is 6.42 Å². The van der Waals surface area contributed by atoms with Crippen LogP contribution in [-0.2, 0) is 19.7 Å². The number of anilines is 1. The average Bonchev–Trinajstić information content (AvgIpc) is 2.61. The number of likely N-dealkylation sites (N-methyl/N-ethyl adjacent to an activating group) is 1. The maximum atomic E-state index is 12.5. The Morgan fingerprint density at radius 3 is 2.84 bits per heavy atom. The van der Waals surface area contributed by atoms with E-state index in [0.717, 1.165) is 5.82 Å². The molecule has 0 saturated carbocycles. The van der Waals surface area contributed by atoms with Gasteiger partial charge in [0.1, 0.15) is 0 Å². The number of ether oxygens (including phenoxy) is 2. The second kappa shape index (κ2) is 9.39. The first-order valence-electron chi connectivity index (χ1n) is 8.22. The van der Waals surface area contributed by atoms with E-state index in [1.807, 2.05) is 12.1 Å². The first kappa shape index (κ1) is 20.0. The van der Waals surface area contributed by atoms with Crippen LogP contribution < -0.4 is 9.62 Å². The summed E-state index contributed by atoms with van der Waals surface area (Å²) >= 11 is 0. The number of aromatic nitrogens is 2. The number of hydrogen-bond acceptors (Lipinski definition) is 7. The zero-order chi connectivity index (χ0) is 18.3. The molecule has 1 saturated heterocycles. The lowest BCUT2D eigenvalue weighted by atomic mass is 9.93. The number of hydrogen-bond donors (Lipinski definition) is 1. The number of rotatable bonds is 9. The molecule has 2 rings (SSSR count). The van der Waals surface area contributed by atoms with Crippen LogP contribution in [0.25, 0.3) is 0 Å². The van der Waals surface area contributed by atoms with E-state index in [9.17, 15) is 8.42 Å². The highest BCUT2D eigenvalue weighted by molar-refractivity contribution is 7.87. The minimum Gasteiger partial charge on any atom is -0.384 e. The smallest absolute Gasteiger partial charge is 0.279 e. The summed E-state index contributed by atoms with van der Waals surface area (Å²) < 4.78 is 39.3. The van der Waals surface area contributed by atoms with E-state index in [-0.39, 0.29) is 12.0 Å². The van der Waals surface area contributed by atoms with Crippen LogP contribution in [0.2, 0.25) is 0 Å². The third kappa shape index (κ3) is 5.58. The predicted octanol–water partition coefficient (Wildman–Crippen LogP) is -0.269. The van der Waals surface area contributed by atoms with Crippen molar-refractivity contribution in [1.82, 2.24) is 19.2 Å². The quantitative estimate of drug-likeness (QED) is 0.636. The fourth-order valence-electron chi connectivity index (χ4n) is 2.86. The van der Waals surface area contributed by atoms with Crippen LogP contribution >= 0.6 is 0 Å². The monoisotopic (exact) mass is 373 g/mol. The lowest BCUT2D eigenvalue weighted by molar-refractivity contribution is 0.127. The Kier molecular flexibility index (Phi) is 7.51. The first-order chi connectivity index (χ1) is 12.0. The zero-order valence-corrected chi connectivity index (χ0v) is 15.8. The molecule has 0 bridgehead atoms. The van der Waals surface area contributed by atoms with Crippen molar-refractivity contribution in [2.24, 2.45) is 5.92 Å². The van der Waals surface area contributed by atoms with Crippen molar-refractivity contribution in [3.05, 3.63) is 18.3 Å². The molecule has 0 spiro atoms. The highest BCUT2D eigenvalue weighted by Crippen LogP contribution is 2.22. The van der Waals surface area contributed by atoms with Crippen LogP contribution in [-0.4, -0.2) is 83.1 Å². The molecule has 2 atom stereocenters. The molecule has 25 heavy (non-hydrogen) atoms. The van der Waals surface area contributed by atoms with Crippen molar-refractivity contribution >= 4 is 16.0 Å². The van der Waals surface area contributed by atoms with Gasteiger partial charge in [-0.05, 0) is 18.6 Å². The van der Waals surface area contributed by atoms with Crippen molar-refractivity contribution in [1.29, 1.82) is 0 Å². The molecule has 1 fully saturated rings. The van der Waals surface area contributed by atoms with Crippen LogP contribution in [0, 0.1) is 5.92 Å². The Labute approximate surface area is 149 Å². The normalized spacial score (nSPS) is 21.7. The molecule has 0 radical (unpaired) electrons. The Hall–Kier alpha value is -1.33. The number of nitrogens with one attached hydrogen (secondary N) is 1. The molecular weight excluding hydrogens is 346 g/mol. The second-order valence-corrected chi connectivity index (χ2v) is 7.88. The largest absolute Gasteiger partial charge is 0.384 e. The lowest BCUT2D eigenvalue weighted by Gasteiger charge is -2.39. The molecule has 142 valence electrons. The van der Waals surface area contributed by atoms with Crippen LogP contribution in [0.4, 0.5) is 5.82 Å². The minimum atomic E-state index is -3.56. The van der Waals surface area contributed by atoms with Gasteiger partial charge >= 0.3 is 0 Å². The number of nitrogens with zero attached hydrogens (tertiary/aromatic N) is 4. The molecule has 0 amide bonds. The van der Waals surface area contributed by atoms with Crippen molar-refractivity contribution in [3.8, 4) is 0 Å². The summed E-state index contributed by atoms with van der Waals surface area (Å²) in [6, 6.07) is 3.55. The summed E-state index contributed by atoms with van der Waals surface area (Å²) in [4.78, 5) is 2.11. The molecule has 1 aromatic rings. The van der Waals surface area contributed by atoms with Gasteiger partial charge in [-0.25, -0.2) is 0 Å². The van der Waals surface area contributed by atoms with E-state index in [1.165, 1.54) is 4.31 Å². The predicted molar refractivity (Wildman–Crippen MR) is 94.6 cm³/mol. The molecule has 9 nitrogen and oxygen atoms in total. The Morgan fingerprint density at radius 1 is 1.40 bits per heavy atom. The van der Waals surface area contributed by atoms with Crippen LogP contribution in [0.15, 0.2) is 18.3 Å². The van der Waals surface area contributed by atoms with Gasteiger partial charge in [0.2, 0.25) is 0 Å². The van der Waals surface area contributed by atoms with Gasteiger partial charge in [0, 0.05) is 59.1 Å². The van der Waals surface area contributed by atoms with E-state index in [2.05, 4.69) is 19.8 Å². The van der Waals surface area contributed by atoms with E-state index >= 15 is 0 Å². The Morgan fingerprint density at radius 2 is 2.20 bits per heavy atom. The summed E-state index contributed by atoms with van der Waals surface area (Å²) in [6.07, 6.45) is 2.30. The topological polar surface area (TPSA) is 96.9 Å². The van der Waals surface area contributed by atoms with Gasteiger partial charge in [-0.2, -0.15) is 22.5 Å². The molecular formula is C15H27N5O4S. The maximum absolute atomic E-state index is 12.5. The molecule has 0 unspecified atom stereocenters. The SMILES string of the molecule is COCCN(C)S(=O)(=O)N[C@H]1CCN(c2cccnn2)C[C@H]1COC. The summed E-state index contributed by atoms with van der Waals surface area (Å²) in [7, 11) is 1.15. The first-order valence-corrected chi connectivity index (χ1v) is 9.66. The van der Waals surface area contributed by atoms with Gasteiger partial charge in [0.25, 0.3) is 10.2 Å². The lowest BCUT2D eigenvalue weighted by Crippen LogP contribution is -2.55.